The van der Waals surface area contributed by atoms with E-state index in [9.17, 15) is 4.79 Å². The van der Waals surface area contributed by atoms with Crippen molar-refractivity contribution in [1.82, 2.24) is 15.3 Å². The monoisotopic (exact) mass is 287 g/mol. The van der Waals surface area contributed by atoms with E-state index in [-0.39, 0.29) is 5.56 Å². The Hall–Kier alpha value is -2.34. The maximum Gasteiger partial charge on any atom is 0.255 e. The summed E-state index contributed by atoms with van der Waals surface area (Å²) in [6.07, 6.45) is 0.763. The molecule has 1 aliphatic heterocycles. The first-order chi connectivity index (χ1) is 10.2. The molecular formula is C15H17N3O3. The van der Waals surface area contributed by atoms with Crippen LogP contribution < -0.4 is 20.3 Å². The van der Waals surface area contributed by atoms with E-state index in [2.05, 4.69) is 15.3 Å². The lowest BCUT2D eigenvalue weighted by molar-refractivity contribution is 0.355. The zero-order valence-corrected chi connectivity index (χ0v) is 12.0. The molecule has 0 radical (unpaired) electrons. The molecule has 6 nitrogen and oxygen atoms in total. The summed E-state index contributed by atoms with van der Waals surface area (Å²) < 4.78 is 10.5. The molecule has 110 valence electrons. The van der Waals surface area contributed by atoms with Crippen molar-refractivity contribution in [3.63, 3.8) is 0 Å². The number of hydrogen-bond donors (Lipinski definition) is 2. The van der Waals surface area contributed by atoms with Gasteiger partial charge in [-0.15, -0.1) is 0 Å². The fourth-order valence-electron chi connectivity index (χ4n) is 2.47. The van der Waals surface area contributed by atoms with Crippen LogP contribution in [0.5, 0.6) is 11.5 Å². The molecule has 1 aliphatic rings. The Labute approximate surface area is 122 Å². The number of nitrogens with one attached hydrogen (secondary N) is 2. The average Bonchev–Trinajstić information content (AvgIpc) is 2.54. The van der Waals surface area contributed by atoms with E-state index in [1.807, 2.05) is 12.1 Å². The molecule has 1 aromatic heterocycles. The Morgan fingerprint density at radius 3 is 2.76 bits per heavy atom. The number of methoxy groups -OCH3 is 2. The molecule has 0 spiro atoms. The third kappa shape index (κ3) is 2.50. The van der Waals surface area contributed by atoms with Gasteiger partial charge >= 0.3 is 0 Å². The van der Waals surface area contributed by atoms with Gasteiger partial charge in [0.25, 0.3) is 5.56 Å². The van der Waals surface area contributed by atoms with Crippen LogP contribution in [0, 0.1) is 0 Å². The van der Waals surface area contributed by atoms with E-state index in [0.29, 0.717) is 23.9 Å². The first-order valence-electron chi connectivity index (χ1n) is 6.78. The lowest BCUT2D eigenvalue weighted by Gasteiger charge is -2.16. The number of aromatic nitrogens is 2. The zero-order chi connectivity index (χ0) is 14.8. The molecule has 0 amide bonds. The van der Waals surface area contributed by atoms with Crippen LogP contribution in [0.15, 0.2) is 23.0 Å². The first-order valence-corrected chi connectivity index (χ1v) is 6.78. The lowest BCUT2D eigenvalue weighted by atomic mass is 10.1. The van der Waals surface area contributed by atoms with Crippen LogP contribution in [-0.4, -0.2) is 30.7 Å². The maximum atomic E-state index is 12.1. The van der Waals surface area contributed by atoms with Crippen molar-refractivity contribution in [3.05, 3.63) is 39.8 Å². The summed E-state index contributed by atoms with van der Waals surface area (Å²) in [7, 11) is 3.17. The minimum absolute atomic E-state index is 0.0861. The summed E-state index contributed by atoms with van der Waals surface area (Å²) in [5.41, 5.74) is 2.30. The standard InChI is InChI=1S/C15H17N3O3/c1-20-12-4-3-9(7-13(12)21-2)14-17-11-5-6-16-8-10(11)15(19)18-14/h3-4,7,16H,5-6,8H2,1-2H3,(H,17,18,19). The van der Waals surface area contributed by atoms with Crippen molar-refractivity contribution in [2.75, 3.05) is 20.8 Å². The number of benzene rings is 1. The second-order valence-corrected chi connectivity index (χ2v) is 4.84. The Morgan fingerprint density at radius 2 is 2.00 bits per heavy atom. The highest BCUT2D eigenvalue weighted by Crippen LogP contribution is 2.30. The van der Waals surface area contributed by atoms with Gasteiger partial charge in [0, 0.05) is 25.1 Å². The van der Waals surface area contributed by atoms with Crippen LogP contribution in [0.1, 0.15) is 11.3 Å². The van der Waals surface area contributed by atoms with E-state index < -0.39 is 0 Å². The van der Waals surface area contributed by atoms with Gasteiger partial charge in [-0.1, -0.05) is 0 Å². The highest BCUT2D eigenvalue weighted by Gasteiger charge is 2.16. The lowest BCUT2D eigenvalue weighted by Crippen LogP contribution is -2.31. The van der Waals surface area contributed by atoms with Crippen LogP contribution in [0.2, 0.25) is 0 Å². The third-order valence-electron chi connectivity index (χ3n) is 3.60. The number of ether oxygens (including phenoxy) is 2. The van der Waals surface area contributed by atoms with E-state index in [1.54, 1.807) is 20.3 Å². The van der Waals surface area contributed by atoms with Gasteiger partial charge in [-0.2, -0.15) is 0 Å². The largest absolute Gasteiger partial charge is 0.493 e. The normalized spacial score (nSPS) is 13.6. The highest BCUT2D eigenvalue weighted by atomic mass is 16.5. The summed E-state index contributed by atoms with van der Waals surface area (Å²) in [4.78, 5) is 19.6. The SMILES string of the molecule is COc1ccc(-c2nc3c(c(=O)[nH]2)CNCC3)cc1OC. The average molecular weight is 287 g/mol. The van der Waals surface area contributed by atoms with Crippen LogP contribution in [0.4, 0.5) is 0 Å². The van der Waals surface area contributed by atoms with Gasteiger partial charge in [0.2, 0.25) is 0 Å². The summed E-state index contributed by atoms with van der Waals surface area (Å²) in [6, 6.07) is 5.47. The topological polar surface area (TPSA) is 76.2 Å². The molecule has 0 saturated heterocycles. The molecule has 1 aromatic carbocycles. The van der Waals surface area contributed by atoms with Crippen molar-refractivity contribution in [2.45, 2.75) is 13.0 Å². The molecule has 0 saturated carbocycles. The van der Waals surface area contributed by atoms with Crippen molar-refractivity contribution in [2.24, 2.45) is 0 Å². The van der Waals surface area contributed by atoms with Gasteiger partial charge in [-0.3, -0.25) is 4.79 Å². The number of fused-ring (bicyclic) bond motifs is 1. The zero-order valence-electron chi connectivity index (χ0n) is 12.0. The predicted molar refractivity (Wildman–Crippen MR) is 78.8 cm³/mol. The molecule has 6 heteroatoms. The summed E-state index contributed by atoms with van der Waals surface area (Å²) in [5, 5.41) is 3.18. The van der Waals surface area contributed by atoms with Crippen molar-refractivity contribution < 1.29 is 9.47 Å². The van der Waals surface area contributed by atoms with E-state index >= 15 is 0 Å². The van der Waals surface area contributed by atoms with Crippen molar-refractivity contribution in [3.8, 4) is 22.9 Å². The fourth-order valence-corrected chi connectivity index (χ4v) is 2.47. The Kier molecular flexibility index (Phi) is 3.62. The second kappa shape index (κ2) is 5.57. The number of hydrogen-bond acceptors (Lipinski definition) is 5. The molecule has 0 unspecified atom stereocenters. The van der Waals surface area contributed by atoms with Crippen LogP contribution in [0.25, 0.3) is 11.4 Å². The Bertz CT molecular complexity index is 725. The Balaban J connectivity index is 2.08. The predicted octanol–water partition coefficient (Wildman–Crippen LogP) is 1.10. The first kappa shape index (κ1) is 13.6. The van der Waals surface area contributed by atoms with Crippen LogP contribution >= 0.6 is 0 Å². The van der Waals surface area contributed by atoms with Gasteiger partial charge in [0.05, 0.1) is 25.5 Å². The minimum Gasteiger partial charge on any atom is -0.493 e. The van der Waals surface area contributed by atoms with Crippen LogP contribution in [0.3, 0.4) is 0 Å². The fraction of sp³-hybridized carbons (Fsp3) is 0.333. The van der Waals surface area contributed by atoms with E-state index in [4.69, 9.17) is 9.47 Å². The minimum atomic E-state index is -0.0861. The Morgan fingerprint density at radius 1 is 1.19 bits per heavy atom. The summed E-state index contributed by atoms with van der Waals surface area (Å²) in [5.74, 6) is 1.81. The van der Waals surface area contributed by atoms with E-state index in [0.717, 1.165) is 29.8 Å². The number of rotatable bonds is 3. The van der Waals surface area contributed by atoms with Crippen molar-refractivity contribution in [1.29, 1.82) is 0 Å². The molecular weight excluding hydrogens is 270 g/mol. The quantitative estimate of drug-likeness (QED) is 0.884. The van der Waals surface area contributed by atoms with Crippen LogP contribution in [-0.2, 0) is 13.0 Å². The molecule has 0 bridgehead atoms. The highest BCUT2D eigenvalue weighted by molar-refractivity contribution is 5.61. The van der Waals surface area contributed by atoms with Gasteiger partial charge in [-0.25, -0.2) is 4.98 Å². The second-order valence-electron chi connectivity index (χ2n) is 4.84. The molecule has 0 aliphatic carbocycles. The van der Waals surface area contributed by atoms with Gasteiger partial charge in [-0.05, 0) is 18.2 Å². The third-order valence-corrected chi connectivity index (χ3v) is 3.60. The molecule has 21 heavy (non-hydrogen) atoms. The number of nitrogens with zero attached hydrogens (tertiary/aromatic N) is 1. The summed E-state index contributed by atoms with van der Waals surface area (Å²) >= 11 is 0. The number of aromatic amines is 1. The molecule has 2 aromatic rings. The van der Waals surface area contributed by atoms with Gasteiger partial charge in [0.1, 0.15) is 5.82 Å². The van der Waals surface area contributed by atoms with Gasteiger partial charge in [0.15, 0.2) is 11.5 Å². The maximum absolute atomic E-state index is 12.1. The molecule has 3 rings (SSSR count). The van der Waals surface area contributed by atoms with Crippen molar-refractivity contribution >= 4 is 0 Å². The van der Waals surface area contributed by atoms with E-state index in [1.165, 1.54) is 0 Å². The smallest absolute Gasteiger partial charge is 0.255 e. The number of H-pyrrole nitrogens is 1. The molecule has 2 heterocycles. The molecule has 0 atom stereocenters. The van der Waals surface area contributed by atoms with Gasteiger partial charge < -0.3 is 19.8 Å². The molecule has 2 N–H and O–H groups in total. The molecule has 0 fully saturated rings. The summed E-state index contributed by atoms with van der Waals surface area (Å²) in [6.45, 7) is 1.42.